The van der Waals surface area contributed by atoms with Crippen molar-refractivity contribution in [1.82, 2.24) is 15.5 Å². The fourth-order valence-electron chi connectivity index (χ4n) is 3.51. The number of likely N-dealkylation sites (tertiary alicyclic amines) is 1. The number of carbonyl (C=O) groups excluding carboxylic acids is 2. The van der Waals surface area contributed by atoms with Crippen molar-refractivity contribution in [2.24, 2.45) is 0 Å². The zero-order valence-corrected chi connectivity index (χ0v) is 14.1. The molecule has 0 aliphatic carbocycles. The van der Waals surface area contributed by atoms with Crippen LogP contribution in [0.25, 0.3) is 0 Å². The second kappa shape index (κ2) is 7.99. The third kappa shape index (κ3) is 4.20. The van der Waals surface area contributed by atoms with E-state index >= 15 is 0 Å². The topological polar surface area (TPSA) is 102 Å². The van der Waals surface area contributed by atoms with Crippen LogP contribution in [0.1, 0.15) is 31.2 Å². The second-order valence-corrected chi connectivity index (χ2v) is 6.67. The Bertz CT molecular complexity index is 617. The SMILES string of the molecule is O=C(NCc1ccc(B(O)O)cc1)C1CCCN1C(=O)C1CCCN1. The molecule has 2 saturated heterocycles. The van der Waals surface area contributed by atoms with Gasteiger partial charge < -0.3 is 25.6 Å². The molecule has 2 amide bonds. The molecule has 0 radical (unpaired) electrons. The molecule has 1 aromatic rings. The third-order valence-electron chi connectivity index (χ3n) is 4.94. The molecule has 2 unspecified atom stereocenters. The Kier molecular flexibility index (Phi) is 5.72. The van der Waals surface area contributed by atoms with Crippen LogP contribution in [0.15, 0.2) is 24.3 Å². The van der Waals surface area contributed by atoms with Crippen LogP contribution in [0.5, 0.6) is 0 Å². The van der Waals surface area contributed by atoms with Crippen molar-refractivity contribution < 1.29 is 19.6 Å². The van der Waals surface area contributed by atoms with Crippen molar-refractivity contribution in [2.45, 2.75) is 44.3 Å². The lowest BCUT2D eigenvalue weighted by Crippen LogP contribution is -2.50. The number of benzene rings is 1. The van der Waals surface area contributed by atoms with Crippen molar-refractivity contribution in [2.75, 3.05) is 13.1 Å². The molecule has 7 nitrogen and oxygen atoms in total. The Morgan fingerprint density at radius 2 is 1.96 bits per heavy atom. The van der Waals surface area contributed by atoms with Gasteiger partial charge in [-0.2, -0.15) is 0 Å². The summed E-state index contributed by atoms with van der Waals surface area (Å²) in [6, 6.07) is 6.18. The number of nitrogens with zero attached hydrogens (tertiary/aromatic N) is 1. The molecule has 2 fully saturated rings. The molecule has 2 aliphatic heterocycles. The standard InChI is InChI=1S/C17H24BN3O4/c22-16(20-11-12-5-7-13(8-6-12)18(24)25)15-4-2-10-21(15)17(23)14-3-1-9-19-14/h5-8,14-15,19,24-25H,1-4,9-11H2,(H,20,22). The van der Waals surface area contributed by atoms with Crippen molar-refractivity contribution in [3.8, 4) is 0 Å². The Hall–Kier alpha value is -1.90. The molecule has 0 aromatic heterocycles. The zero-order valence-electron chi connectivity index (χ0n) is 14.1. The smallest absolute Gasteiger partial charge is 0.423 e. The van der Waals surface area contributed by atoms with Crippen LogP contribution in [0, 0.1) is 0 Å². The van der Waals surface area contributed by atoms with E-state index in [9.17, 15) is 9.59 Å². The van der Waals surface area contributed by atoms with Gasteiger partial charge in [0.15, 0.2) is 0 Å². The molecule has 134 valence electrons. The monoisotopic (exact) mass is 345 g/mol. The minimum atomic E-state index is -1.49. The molecule has 8 heteroatoms. The predicted molar refractivity (Wildman–Crippen MR) is 93.9 cm³/mol. The Morgan fingerprint density at radius 3 is 2.60 bits per heavy atom. The normalized spacial score (nSPS) is 22.9. The van der Waals surface area contributed by atoms with Gasteiger partial charge in [-0.1, -0.05) is 24.3 Å². The summed E-state index contributed by atoms with van der Waals surface area (Å²) in [5.41, 5.74) is 1.28. The highest BCUT2D eigenvalue weighted by Gasteiger charge is 2.37. The van der Waals surface area contributed by atoms with Crippen LogP contribution in [-0.4, -0.2) is 59.1 Å². The maximum absolute atomic E-state index is 12.6. The van der Waals surface area contributed by atoms with Crippen molar-refractivity contribution in [1.29, 1.82) is 0 Å². The van der Waals surface area contributed by atoms with Crippen LogP contribution < -0.4 is 16.1 Å². The zero-order chi connectivity index (χ0) is 17.8. The van der Waals surface area contributed by atoms with Crippen molar-refractivity contribution in [3.63, 3.8) is 0 Å². The lowest BCUT2D eigenvalue weighted by atomic mass is 9.80. The first-order valence-electron chi connectivity index (χ1n) is 8.83. The van der Waals surface area contributed by atoms with Gasteiger partial charge in [0, 0.05) is 13.1 Å². The average Bonchev–Trinajstić information content (AvgIpc) is 3.30. The summed E-state index contributed by atoms with van der Waals surface area (Å²) in [6.07, 6.45) is 3.38. The number of amides is 2. The first-order valence-corrected chi connectivity index (χ1v) is 8.83. The molecule has 2 heterocycles. The predicted octanol–water partition coefficient (Wildman–Crippen LogP) is -1.27. The Balaban J connectivity index is 1.55. The lowest BCUT2D eigenvalue weighted by Gasteiger charge is -2.26. The summed E-state index contributed by atoms with van der Waals surface area (Å²) >= 11 is 0. The molecule has 2 atom stereocenters. The molecule has 25 heavy (non-hydrogen) atoms. The number of carbonyl (C=O) groups is 2. The van der Waals surface area contributed by atoms with Gasteiger partial charge in [0.05, 0.1) is 6.04 Å². The molecule has 0 saturated carbocycles. The minimum absolute atomic E-state index is 0.0384. The van der Waals surface area contributed by atoms with Crippen LogP contribution in [0.3, 0.4) is 0 Å². The second-order valence-electron chi connectivity index (χ2n) is 6.67. The van der Waals surface area contributed by atoms with Crippen LogP contribution in [-0.2, 0) is 16.1 Å². The summed E-state index contributed by atoms with van der Waals surface area (Å²) < 4.78 is 0. The number of hydrogen-bond donors (Lipinski definition) is 4. The van der Waals surface area contributed by atoms with E-state index < -0.39 is 13.2 Å². The van der Waals surface area contributed by atoms with Gasteiger partial charge in [-0.15, -0.1) is 0 Å². The fraction of sp³-hybridized carbons (Fsp3) is 0.529. The van der Waals surface area contributed by atoms with Gasteiger partial charge in [0.1, 0.15) is 6.04 Å². The van der Waals surface area contributed by atoms with Crippen molar-refractivity contribution >= 4 is 24.4 Å². The molecule has 1 aromatic carbocycles. The number of nitrogens with one attached hydrogen (secondary N) is 2. The van der Waals surface area contributed by atoms with E-state index in [1.165, 1.54) is 0 Å². The maximum atomic E-state index is 12.6. The first-order chi connectivity index (χ1) is 12.1. The van der Waals surface area contributed by atoms with E-state index in [1.807, 2.05) is 0 Å². The third-order valence-corrected chi connectivity index (χ3v) is 4.94. The van der Waals surface area contributed by atoms with E-state index in [2.05, 4.69) is 10.6 Å². The highest BCUT2D eigenvalue weighted by molar-refractivity contribution is 6.58. The molecule has 4 N–H and O–H groups in total. The van der Waals surface area contributed by atoms with Crippen LogP contribution in [0.2, 0.25) is 0 Å². The summed E-state index contributed by atoms with van der Waals surface area (Å²) in [5, 5.41) is 24.3. The fourth-order valence-corrected chi connectivity index (χ4v) is 3.51. The molecule has 0 bridgehead atoms. The van der Waals surface area contributed by atoms with Crippen LogP contribution >= 0.6 is 0 Å². The quantitative estimate of drug-likeness (QED) is 0.499. The average molecular weight is 345 g/mol. The Morgan fingerprint density at radius 1 is 1.20 bits per heavy atom. The molecular weight excluding hydrogens is 321 g/mol. The largest absolute Gasteiger partial charge is 0.488 e. The van der Waals surface area contributed by atoms with Gasteiger partial charge in [-0.05, 0) is 43.3 Å². The van der Waals surface area contributed by atoms with Gasteiger partial charge in [0.2, 0.25) is 11.8 Å². The van der Waals surface area contributed by atoms with Gasteiger partial charge in [-0.3, -0.25) is 9.59 Å². The maximum Gasteiger partial charge on any atom is 0.488 e. The van der Waals surface area contributed by atoms with Gasteiger partial charge >= 0.3 is 7.12 Å². The summed E-state index contributed by atoms with van der Waals surface area (Å²) in [4.78, 5) is 26.8. The van der Waals surface area contributed by atoms with E-state index in [4.69, 9.17) is 10.0 Å². The van der Waals surface area contributed by atoms with Crippen molar-refractivity contribution in [3.05, 3.63) is 29.8 Å². The first kappa shape index (κ1) is 17.9. The number of hydrogen-bond acceptors (Lipinski definition) is 5. The van der Waals surface area contributed by atoms with Crippen LogP contribution in [0.4, 0.5) is 0 Å². The molecule has 2 aliphatic rings. The summed E-state index contributed by atoms with van der Waals surface area (Å²) in [6.45, 7) is 1.85. The molecular formula is C17H24BN3O4. The van der Waals surface area contributed by atoms with Gasteiger partial charge in [-0.25, -0.2) is 0 Å². The lowest BCUT2D eigenvalue weighted by molar-refractivity contribution is -0.139. The highest BCUT2D eigenvalue weighted by atomic mass is 16.4. The highest BCUT2D eigenvalue weighted by Crippen LogP contribution is 2.20. The van der Waals surface area contributed by atoms with E-state index in [0.717, 1.165) is 31.4 Å². The summed E-state index contributed by atoms with van der Waals surface area (Å²) in [7, 11) is -1.49. The molecule has 3 rings (SSSR count). The minimum Gasteiger partial charge on any atom is -0.423 e. The summed E-state index contributed by atoms with van der Waals surface area (Å²) in [5.74, 6) is -0.0912. The van der Waals surface area contributed by atoms with E-state index in [-0.39, 0.29) is 17.9 Å². The number of rotatable bonds is 5. The molecule has 0 spiro atoms. The van der Waals surface area contributed by atoms with Gasteiger partial charge in [0.25, 0.3) is 0 Å². The van der Waals surface area contributed by atoms with E-state index in [0.29, 0.717) is 25.0 Å². The Labute approximate surface area is 147 Å². The van der Waals surface area contributed by atoms with E-state index in [1.54, 1.807) is 29.2 Å².